The summed E-state index contributed by atoms with van der Waals surface area (Å²) in [7, 11) is 1.70. The largest absolute Gasteiger partial charge is 0.497 e. The number of benzene rings is 1. The fraction of sp³-hybridized carbons (Fsp3) is 0.538. The molecule has 0 radical (unpaired) electrons. The minimum absolute atomic E-state index is 0.526. The zero-order valence-corrected chi connectivity index (χ0v) is 10.4. The quantitative estimate of drug-likeness (QED) is 0.688. The standard InChI is InChI=1S/C13H19ClO/c1-10(2)13(7-8-14)11-5-4-6-12(9-11)15-3/h4-6,9-10,13H,7-8H2,1-3H3. The van der Waals surface area contributed by atoms with Gasteiger partial charge < -0.3 is 4.74 Å². The summed E-state index contributed by atoms with van der Waals surface area (Å²) in [5.74, 6) is 2.77. The summed E-state index contributed by atoms with van der Waals surface area (Å²) in [5.41, 5.74) is 1.32. The van der Waals surface area contributed by atoms with Gasteiger partial charge in [0.25, 0.3) is 0 Å². The molecule has 0 amide bonds. The van der Waals surface area contributed by atoms with Gasteiger partial charge in [-0.15, -0.1) is 11.6 Å². The van der Waals surface area contributed by atoms with Crippen molar-refractivity contribution in [3.8, 4) is 5.75 Å². The Balaban J connectivity index is 2.89. The summed E-state index contributed by atoms with van der Waals surface area (Å²) in [6, 6.07) is 8.27. The number of rotatable bonds is 5. The maximum absolute atomic E-state index is 5.83. The topological polar surface area (TPSA) is 9.23 Å². The normalized spacial score (nSPS) is 12.9. The zero-order valence-electron chi connectivity index (χ0n) is 9.66. The lowest BCUT2D eigenvalue weighted by molar-refractivity contribution is 0.411. The second kappa shape index (κ2) is 6.02. The number of alkyl halides is 1. The van der Waals surface area contributed by atoms with Gasteiger partial charge in [0.1, 0.15) is 5.75 Å². The van der Waals surface area contributed by atoms with E-state index in [9.17, 15) is 0 Å². The lowest BCUT2D eigenvalue weighted by Gasteiger charge is -2.20. The molecule has 0 fully saturated rings. The molecule has 0 N–H and O–H groups in total. The first kappa shape index (κ1) is 12.4. The van der Waals surface area contributed by atoms with Crippen molar-refractivity contribution in [1.29, 1.82) is 0 Å². The number of ether oxygens (including phenoxy) is 1. The molecule has 1 unspecified atom stereocenters. The van der Waals surface area contributed by atoms with Crippen LogP contribution in [0.4, 0.5) is 0 Å². The predicted octanol–water partition coefficient (Wildman–Crippen LogP) is 4.06. The second-order valence-electron chi connectivity index (χ2n) is 4.10. The average molecular weight is 227 g/mol. The van der Waals surface area contributed by atoms with Gasteiger partial charge in [-0.3, -0.25) is 0 Å². The molecule has 0 aliphatic heterocycles. The molecule has 0 heterocycles. The molecule has 1 atom stereocenters. The highest BCUT2D eigenvalue weighted by molar-refractivity contribution is 6.17. The highest BCUT2D eigenvalue weighted by Gasteiger charge is 2.15. The second-order valence-corrected chi connectivity index (χ2v) is 4.48. The lowest BCUT2D eigenvalue weighted by atomic mass is 9.86. The van der Waals surface area contributed by atoms with E-state index in [1.807, 2.05) is 12.1 Å². The summed E-state index contributed by atoms with van der Waals surface area (Å²) < 4.78 is 5.23. The highest BCUT2D eigenvalue weighted by atomic mass is 35.5. The smallest absolute Gasteiger partial charge is 0.119 e. The Morgan fingerprint density at radius 2 is 2.07 bits per heavy atom. The van der Waals surface area contributed by atoms with Crippen LogP contribution in [0.3, 0.4) is 0 Å². The molecule has 1 aromatic carbocycles. The first-order chi connectivity index (χ1) is 7.19. The number of hydrogen-bond acceptors (Lipinski definition) is 1. The summed E-state index contributed by atoms with van der Waals surface area (Å²) in [4.78, 5) is 0. The van der Waals surface area contributed by atoms with E-state index in [0.29, 0.717) is 17.7 Å². The molecule has 1 nitrogen and oxygen atoms in total. The van der Waals surface area contributed by atoms with Crippen LogP contribution in [0, 0.1) is 5.92 Å². The van der Waals surface area contributed by atoms with Crippen molar-refractivity contribution < 1.29 is 4.74 Å². The van der Waals surface area contributed by atoms with Gasteiger partial charge in [-0.2, -0.15) is 0 Å². The van der Waals surface area contributed by atoms with E-state index in [4.69, 9.17) is 16.3 Å². The van der Waals surface area contributed by atoms with Crippen molar-refractivity contribution in [2.45, 2.75) is 26.2 Å². The first-order valence-corrected chi connectivity index (χ1v) is 5.92. The van der Waals surface area contributed by atoms with Crippen molar-refractivity contribution in [3.05, 3.63) is 29.8 Å². The summed E-state index contributed by atoms with van der Waals surface area (Å²) in [6.45, 7) is 4.47. The van der Waals surface area contributed by atoms with Crippen LogP contribution < -0.4 is 4.74 Å². The van der Waals surface area contributed by atoms with Gasteiger partial charge in [-0.1, -0.05) is 26.0 Å². The number of methoxy groups -OCH3 is 1. The van der Waals surface area contributed by atoms with Crippen molar-refractivity contribution in [3.63, 3.8) is 0 Å². The van der Waals surface area contributed by atoms with Gasteiger partial charge >= 0.3 is 0 Å². The van der Waals surface area contributed by atoms with Gasteiger partial charge in [-0.05, 0) is 36.0 Å². The van der Waals surface area contributed by atoms with Gasteiger partial charge in [0.05, 0.1) is 7.11 Å². The van der Waals surface area contributed by atoms with Gasteiger partial charge in [0.15, 0.2) is 0 Å². The molecule has 2 heteroatoms. The van der Waals surface area contributed by atoms with E-state index >= 15 is 0 Å². The van der Waals surface area contributed by atoms with E-state index < -0.39 is 0 Å². The third-order valence-corrected chi connectivity index (χ3v) is 2.97. The van der Waals surface area contributed by atoms with Crippen molar-refractivity contribution >= 4 is 11.6 Å². The SMILES string of the molecule is COc1cccc(C(CCCl)C(C)C)c1. The molecule has 0 aliphatic carbocycles. The Morgan fingerprint density at radius 3 is 2.60 bits per heavy atom. The van der Waals surface area contributed by atoms with E-state index in [-0.39, 0.29) is 0 Å². The molecule has 1 aromatic rings. The van der Waals surface area contributed by atoms with Crippen molar-refractivity contribution in [2.75, 3.05) is 13.0 Å². The third-order valence-electron chi connectivity index (χ3n) is 2.75. The van der Waals surface area contributed by atoms with Crippen LogP contribution in [0.5, 0.6) is 5.75 Å². The van der Waals surface area contributed by atoms with Gasteiger partial charge in [0.2, 0.25) is 0 Å². The molecule has 0 saturated carbocycles. The van der Waals surface area contributed by atoms with Crippen LogP contribution >= 0.6 is 11.6 Å². The van der Waals surface area contributed by atoms with Crippen LogP contribution in [0.2, 0.25) is 0 Å². The minimum Gasteiger partial charge on any atom is -0.497 e. The Bertz CT molecular complexity index is 296. The molecule has 0 aromatic heterocycles. The molecule has 0 spiro atoms. The van der Waals surface area contributed by atoms with Crippen LogP contribution in [0.15, 0.2) is 24.3 Å². The molecule has 84 valence electrons. The monoisotopic (exact) mass is 226 g/mol. The van der Waals surface area contributed by atoms with Gasteiger partial charge in [-0.25, -0.2) is 0 Å². The van der Waals surface area contributed by atoms with Crippen LogP contribution in [0.25, 0.3) is 0 Å². The zero-order chi connectivity index (χ0) is 11.3. The summed E-state index contributed by atoms with van der Waals surface area (Å²) >= 11 is 5.83. The predicted molar refractivity (Wildman–Crippen MR) is 65.9 cm³/mol. The fourth-order valence-electron chi connectivity index (χ4n) is 1.87. The Hall–Kier alpha value is -0.690. The molecule has 1 rings (SSSR count). The van der Waals surface area contributed by atoms with E-state index in [0.717, 1.165) is 12.2 Å². The Kier molecular flexibility index (Phi) is 4.97. The molecule has 15 heavy (non-hydrogen) atoms. The van der Waals surface area contributed by atoms with Crippen LogP contribution in [-0.2, 0) is 0 Å². The van der Waals surface area contributed by atoms with Gasteiger partial charge in [0, 0.05) is 5.88 Å². The maximum Gasteiger partial charge on any atom is 0.119 e. The van der Waals surface area contributed by atoms with E-state index in [1.54, 1.807) is 7.11 Å². The summed E-state index contributed by atoms with van der Waals surface area (Å²) in [6.07, 6.45) is 1.02. The maximum atomic E-state index is 5.83. The average Bonchev–Trinajstić information content (AvgIpc) is 2.25. The number of halogens is 1. The minimum atomic E-state index is 0.526. The molecule has 0 aliphatic rings. The third kappa shape index (κ3) is 3.42. The van der Waals surface area contributed by atoms with E-state index in [2.05, 4.69) is 26.0 Å². The Labute approximate surface area is 97.4 Å². The summed E-state index contributed by atoms with van der Waals surface area (Å²) in [5, 5.41) is 0. The molecular formula is C13H19ClO. The molecule has 0 saturated heterocycles. The Morgan fingerprint density at radius 1 is 1.33 bits per heavy atom. The molecule has 0 bridgehead atoms. The highest BCUT2D eigenvalue weighted by Crippen LogP contribution is 2.30. The number of hydrogen-bond donors (Lipinski definition) is 0. The van der Waals surface area contributed by atoms with E-state index in [1.165, 1.54) is 5.56 Å². The first-order valence-electron chi connectivity index (χ1n) is 5.39. The lowest BCUT2D eigenvalue weighted by Crippen LogP contribution is -2.07. The van der Waals surface area contributed by atoms with Crippen molar-refractivity contribution in [1.82, 2.24) is 0 Å². The molecular weight excluding hydrogens is 208 g/mol. The fourth-order valence-corrected chi connectivity index (χ4v) is 2.11. The van der Waals surface area contributed by atoms with Crippen LogP contribution in [0.1, 0.15) is 31.7 Å². The van der Waals surface area contributed by atoms with Crippen LogP contribution in [-0.4, -0.2) is 13.0 Å². The van der Waals surface area contributed by atoms with Crippen molar-refractivity contribution in [2.24, 2.45) is 5.92 Å².